The van der Waals surface area contributed by atoms with E-state index in [0.29, 0.717) is 19.4 Å². The number of amides is 1. The summed E-state index contributed by atoms with van der Waals surface area (Å²) in [6.07, 6.45) is -0.574. The Morgan fingerprint density at radius 1 is 1.21 bits per heavy atom. The zero-order valence-electron chi connectivity index (χ0n) is 15.8. The van der Waals surface area contributed by atoms with Gasteiger partial charge in [0, 0.05) is 12.6 Å². The van der Waals surface area contributed by atoms with Gasteiger partial charge in [-0.1, -0.05) is 18.9 Å². The van der Waals surface area contributed by atoms with Gasteiger partial charge in [0.2, 0.25) is 5.91 Å². The molecular formula is C19H25F3N2O4S. The number of halogens is 3. The molecule has 162 valence electrons. The zero-order valence-corrected chi connectivity index (χ0v) is 16.6. The van der Waals surface area contributed by atoms with Crippen LogP contribution in [0.5, 0.6) is 5.75 Å². The summed E-state index contributed by atoms with van der Waals surface area (Å²) in [6.45, 7) is 0.380. The fraction of sp³-hybridized carbons (Fsp3) is 0.632. The molecule has 0 aliphatic heterocycles. The summed E-state index contributed by atoms with van der Waals surface area (Å²) in [6, 6.07) is 4.30. The average Bonchev–Trinajstić information content (AvgIpc) is 2.59. The van der Waals surface area contributed by atoms with E-state index in [9.17, 15) is 26.4 Å². The van der Waals surface area contributed by atoms with Gasteiger partial charge in [0.15, 0.2) is 9.84 Å². The third kappa shape index (κ3) is 5.42. The summed E-state index contributed by atoms with van der Waals surface area (Å²) >= 11 is 0. The highest BCUT2D eigenvalue weighted by atomic mass is 32.2. The highest BCUT2D eigenvalue weighted by Gasteiger charge is 2.40. The molecule has 0 radical (unpaired) electrons. The molecule has 1 aromatic rings. The van der Waals surface area contributed by atoms with Gasteiger partial charge in [0.25, 0.3) is 0 Å². The average molecular weight is 434 g/mol. The van der Waals surface area contributed by atoms with Crippen molar-refractivity contribution in [2.24, 2.45) is 17.6 Å². The van der Waals surface area contributed by atoms with Gasteiger partial charge in [-0.05, 0) is 49.8 Å². The lowest BCUT2D eigenvalue weighted by atomic mass is 9.83. The van der Waals surface area contributed by atoms with Crippen molar-refractivity contribution in [3.8, 4) is 5.75 Å². The Labute approximate surface area is 167 Å². The number of ether oxygens (including phenoxy) is 1. The van der Waals surface area contributed by atoms with E-state index in [2.05, 4.69) is 10.1 Å². The van der Waals surface area contributed by atoms with Gasteiger partial charge < -0.3 is 15.8 Å². The van der Waals surface area contributed by atoms with Crippen molar-refractivity contribution >= 4 is 15.7 Å². The molecule has 2 fully saturated rings. The summed E-state index contributed by atoms with van der Waals surface area (Å²) in [4.78, 5) is 12.1. The number of carbonyl (C=O) groups excluding carboxylic acids is 1. The molecular weight excluding hydrogens is 409 g/mol. The monoisotopic (exact) mass is 434 g/mol. The third-order valence-corrected chi connectivity index (χ3v) is 7.89. The minimum Gasteiger partial charge on any atom is -0.406 e. The van der Waals surface area contributed by atoms with Crippen LogP contribution in [0.25, 0.3) is 0 Å². The summed E-state index contributed by atoms with van der Waals surface area (Å²) < 4.78 is 66.2. The Hall–Kier alpha value is -1.81. The van der Waals surface area contributed by atoms with Crippen LogP contribution in [0.4, 0.5) is 13.2 Å². The second kappa shape index (κ2) is 8.51. The van der Waals surface area contributed by atoms with Crippen LogP contribution in [0, 0.1) is 11.8 Å². The number of rotatable bonds is 6. The molecule has 10 heteroatoms. The van der Waals surface area contributed by atoms with Gasteiger partial charge >= 0.3 is 6.36 Å². The molecule has 0 saturated heterocycles. The lowest BCUT2D eigenvalue weighted by Gasteiger charge is -2.35. The van der Waals surface area contributed by atoms with E-state index in [1.54, 1.807) is 0 Å². The smallest absolute Gasteiger partial charge is 0.406 e. The summed E-state index contributed by atoms with van der Waals surface area (Å²) in [5.41, 5.74) is 6.01. The second-order valence-electron chi connectivity index (χ2n) is 7.83. The highest BCUT2D eigenvalue weighted by molar-refractivity contribution is 7.92. The van der Waals surface area contributed by atoms with Crippen molar-refractivity contribution < 1.29 is 31.1 Å². The van der Waals surface area contributed by atoms with Gasteiger partial charge in [0.1, 0.15) is 5.75 Å². The maximum absolute atomic E-state index is 12.7. The maximum Gasteiger partial charge on any atom is 0.573 e. The largest absolute Gasteiger partial charge is 0.573 e. The number of nitrogens with one attached hydrogen (secondary N) is 1. The molecule has 0 aromatic heterocycles. The number of hydrogen-bond donors (Lipinski definition) is 2. The van der Waals surface area contributed by atoms with E-state index in [4.69, 9.17) is 5.73 Å². The summed E-state index contributed by atoms with van der Waals surface area (Å²) in [5, 5.41) is 2.19. The van der Waals surface area contributed by atoms with Crippen molar-refractivity contribution in [1.29, 1.82) is 0 Å². The lowest BCUT2D eigenvalue weighted by molar-refractivity contribution is -0.274. The van der Waals surface area contributed by atoms with E-state index in [1.807, 2.05) is 0 Å². The first kappa shape index (κ1) is 21.9. The molecule has 6 nitrogen and oxygen atoms in total. The normalized spacial score (nSPS) is 27.7. The number of sulfone groups is 1. The van der Waals surface area contributed by atoms with E-state index in [-0.39, 0.29) is 28.7 Å². The standard InChI is InChI=1S/C19H25F3N2O4S/c20-19(21,22)28-13-4-3-5-14(10-13)29(26,27)15-8-12(9-15)11-24-18(25)16-6-1-2-7-17(16)23/h3-5,10,12,15-17H,1-2,6-9,11,23H2,(H,24,25)/t12-,15-,16-,17-/m1/s1. The third-order valence-electron chi connectivity index (χ3n) is 5.72. The zero-order chi connectivity index (χ0) is 21.2. The fourth-order valence-corrected chi connectivity index (χ4v) is 5.98. The van der Waals surface area contributed by atoms with Crippen molar-refractivity contribution in [2.45, 2.75) is 61.1 Å². The van der Waals surface area contributed by atoms with Crippen molar-refractivity contribution in [1.82, 2.24) is 5.32 Å². The van der Waals surface area contributed by atoms with E-state index < -0.39 is 27.2 Å². The van der Waals surface area contributed by atoms with Gasteiger partial charge in [-0.2, -0.15) is 0 Å². The quantitative estimate of drug-likeness (QED) is 0.718. The Morgan fingerprint density at radius 3 is 2.55 bits per heavy atom. The second-order valence-corrected chi connectivity index (χ2v) is 10.1. The molecule has 1 aromatic carbocycles. The molecule has 0 unspecified atom stereocenters. The minimum atomic E-state index is -4.89. The Balaban J connectivity index is 1.52. The maximum atomic E-state index is 12.7. The molecule has 0 spiro atoms. The van der Waals surface area contributed by atoms with Crippen LogP contribution in [0.3, 0.4) is 0 Å². The van der Waals surface area contributed by atoms with Gasteiger partial charge in [-0.15, -0.1) is 13.2 Å². The predicted octanol–water partition coefficient (Wildman–Crippen LogP) is 2.77. The molecule has 2 aliphatic carbocycles. The number of hydrogen-bond acceptors (Lipinski definition) is 5. The molecule has 0 heterocycles. The van der Waals surface area contributed by atoms with Gasteiger partial charge in [-0.3, -0.25) is 4.79 Å². The molecule has 0 bridgehead atoms. The first-order valence-corrected chi connectivity index (χ1v) is 11.2. The van der Waals surface area contributed by atoms with E-state index in [0.717, 1.165) is 37.8 Å². The van der Waals surface area contributed by atoms with Crippen LogP contribution >= 0.6 is 0 Å². The Morgan fingerprint density at radius 2 is 1.90 bits per heavy atom. The van der Waals surface area contributed by atoms with Crippen LogP contribution in [0.2, 0.25) is 0 Å². The van der Waals surface area contributed by atoms with Crippen LogP contribution in [0.1, 0.15) is 38.5 Å². The van der Waals surface area contributed by atoms with E-state index >= 15 is 0 Å². The van der Waals surface area contributed by atoms with E-state index in [1.165, 1.54) is 12.1 Å². The van der Waals surface area contributed by atoms with Crippen LogP contribution < -0.4 is 15.8 Å². The topological polar surface area (TPSA) is 98.5 Å². The molecule has 29 heavy (non-hydrogen) atoms. The van der Waals surface area contributed by atoms with Crippen molar-refractivity contribution in [2.75, 3.05) is 6.54 Å². The summed E-state index contributed by atoms with van der Waals surface area (Å²) in [5.74, 6) is -0.820. The predicted molar refractivity (Wildman–Crippen MR) is 99.8 cm³/mol. The minimum absolute atomic E-state index is 0.0214. The Kier molecular flexibility index (Phi) is 6.42. The molecule has 3 rings (SSSR count). The van der Waals surface area contributed by atoms with Crippen LogP contribution in [-0.4, -0.2) is 38.5 Å². The van der Waals surface area contributed by atoms with Gasteiger partial charge in [-0.25, -0.2) is 8.42 Å². The molecule has 1 amide bonds. The Bertz CT molecular complexity index is 838. The SMILES string of the molecule is N[C@@H]1CCCC[C@H]1C(=O)NC[C@H]1C[C@H](S(=O)(=O)c2cccc(OC(F)(F)F)c2)C1. The molecule has 2 aliphatic rings. The highest BCUT2D eigenvalue weighted by Crippen LogP contribution is 2.37. The molecule has 3 N–H and O–H groups in total. The molecule has 2 atom stereocenters. The number of alkyl halides is 3. The van der Waals surface area contributed by atoms with Crippen molar-refractivity contribution in [3.05, 3.63) is 24.3 Å². The summed E-state index contributed by atoms with van der Waals surface area (Å²) in [7, 11) is -3.76. The number of carbonyl (C=O) groups is 1. The van der Waals surface area contributed by atoms with Gasteiger partial charge in [0.05, 0.1) is 16.1 Å². The fourth-order valence-electron chi connectivity index (χ4n) is 4.00. The van der Waals surface area contributed by atoms with Crippen LogP contribution in [0.15, 0.2) is 29.2 Å². The first-order chi connectivity index (χ1) is 13.6. The van der Waals surface area contributed by atoms with Crippen LogP contribution in [-0.2, 0) is 14.6 Å². The first-order valence-electron chi connectivity index (χ1n) is 9.69. The number of benzene rings is 1. The lowest BCUT2D eigenvalue weighted by Crippen LogP contribution is -2.47. The van der Waals surface area contributed by atoms with Crippen molar-refractivity contribution in [3.63, 3.8) is 0 Å². The number of nitrogens with two attached hydrogens (primary N) is 1. The molecule has 2 saturated carbocycles.